The second-order valence-corrected chi connectivity index (χ2v) is 5.51. The lowest BCUT2D eigenvalue weighted by atomic mass is 10.3. The van der Waals surface area contributed by atoms with Crippen molar-refractivity contribution in [2.45, 2.75) is 33.7 Å². The maximum absolute atomic E-state index is 4.55. The van der Waals surface area contributed by atoms with E-state index in [2.05, 4.69) is 41.1 Å². The topological polar surface area (TPSA) is 41.1 Å². The Balaban J connectivity index is 1.94. The summed E-state index contributed by atoms with van der Waals surface area (Å²) in [6, 6.07) is 2.00. The summed E-state index contributed by atoms with van der Waals surface area (Å²) >= 11 is 0. The second kappa shape index (κ2) is 5.65. The zero-order chi connectivity index (χ0) is 13.1. The fourth-order valence-corrected chi connectivity index (χ4v) is 2.33. The maximum Gasteiger partial charge on any atom is 0.144 e. The average molecular weight is 248 g/mol. The monoisotopic (exact) mass is 248 g/mol. The third kappa shape index (κ3) is 3.67. The molecule has 1 aromatic heterocycles. The molecule has 0 aromatic carbocycles. The molecule has 1 aliphatic carbocycles. The van der Waals surface area contributed by atoms with Crippen LogP contribution in [0.5, 0.6) is 0 Å². The minimum absolute atomic E-state index is 0.837. The lowest BCUT2D eigenvalue weighted by Gasteiger charge is -2.16. The summed E-state index contributed by atoms with van der Waals surface area (Å²) in [6.07, 6.45) is 1.38. The van der Waals surface area contributed by atoms with Crippen LogP contribution < -0.4 is 5.32 Å². The molecule has 2 rings (SSSR count). The van der Waals surface area contributed by atoms with E-state index in [0.717, 1.165) is 48.8 Å². The van der Waals surface area contributed by atoms with Crippen molar-refractivity contribution < 1.29 is 0 Å². The first kappa shape index (κ1) is 13.3. The van der Waals surface area contributed by atoms with Crippen LogP contribution in [-0.4, -0.2) is 35.0 Å². The van der Waals surface area contributed by atoms with E-state index in [4.69, 9.17) is 0 Å². The molecule has 100 valence electrons. The van der Waals surface area contributed by atoms with Gasteiger partial charge in [0.25, 0.3) is 0 Å². The molecule has 0 radical (unpaired) electrons. The molecule has 0 saturated heterocycles. The summed E-state index contributed by atoms with van der Waals surface area (Å²) in [5.74, 6) is 3.64. The number of nitrogens with zero attached hydrogens (tertiary/aromatic N) is 3. The van der Waals surface area contributed by atoms with Gasteiger partial charge in [-0.25, -0.2) is 9.97 Å². The average Bonchev–Trinajstić information content (AvgIpc) is 2.93. The van der Waals surface area contributed by atoms with Crippen LogP contribution in [0.2, 0.25) is 0 Å². The highest BCUT2D eigenvalue weighted by Gasteiger charge is 2.33. The number of anilines is 1. The Bertz CT molecular complexity index is 405. The van der Waals surface area contributed by atoms with Gasteiger partial charge in [0.2, 0.25) is 0 Å². The maximum atomic E-state index is 4.55. The molecule has 1 aliphatic rings. The van der Waals surface area contributed by atoms with Crippen molar-refractivity contribution in [1.29, 1.82) is 0 Å². The van der Waals surface area contributed by atoms with E-state index in [-0.39, 0.29) is 0 Å². The fraction of sp³-hybridized carbons (Fsp3) is 0.714. The molecule has 4 nitrogen and oxygen atoms in total. The fourth-order valence-electron chi connectivity index (χ4n) is 2.33. The van der Waals surface area contributed by atoms with Gasteiger partial charge in [-0.05, 0) is 39.2 Å². The van der Waals surface area contributed by atoms with Gasteiger partial charge < -0.3 is 5.32 Å². The number of aryl methyl sites for hydroxylation is 1. The third-order valence-corrected chi connectivity index (χ3v) is 3.49. The Labute approximate surface area is 110 Å². The Kier molecular flexibility index (Phi) is 4.17. The number of hydrogen-bond acceptors (Lipinski definition) is 4. The normalized spacial score (nSPS) is 22.3. The van der Waals surface area contributed by atoms with Crippen LogP contribution in [0.1, 0.15) is 31.8 Å². The van der Waals surface area contributed by atoms with Crippen LogP contribution in [0, 0.1) is 18.8 Å². The molecule has 2 unspecified atom stereocenters. The molecule has 18 heavy (non-hydrogen) atoms. The molecule has 1 aromatic rings. The molecule has 0 spiro atoms. The third-order valence-electron chi connectivity index (χ3n) is 3.49. The Morgan fingerprint density at radius 2 is 2.17 bits per heavy atom. The van der Waals surface area contributed by atoms with Crippen LogP contribution in [0.3, 0.4) is 0 Å². The lowest BCUT2D eigenvalue weighted by Crippen LogP contribution is -2.22. The summed E-state index contributed by atoms with van der Waals surface area (Å²) in [6.45, 7) is 9.32. The number of hydrogen-bond donors (Lipinski definition) is 1. The van der Waals surface area contributed by atoms with Crippen molar-refractivity contribution in [2.24, 2.45) is 11.8 Å². The standard InChI is InChI=1S/C14H24N4/c1-5-15-13-7-11(3)16-14(17-13)9-18(4)8-12-6-10(12)2/h7,10,12H,5-6,8-9H2,1-4H3,(H,15,16,17). The van der Waals surface area contributed by atoms with Gasteiger partial charge in [0.15, 0.2) is 0 Å². The van der Waals surface area contributed by atoms with Crippen molar-refractivity contribution in [2.75, 3.05) is 25.5 Å². The predicted molar refractivity (Wildman–Crippen MR) is 74.5 cm³/mol. The molecule has 4 heteroatoms. The van der Waals surface area contributed by atoms with Gasteiger partial charge in [-0.3, -0.25) is 4.90 Å². The van der Waals surface area contributed by atoms with Gasteiger partial charge in [-0.15, -0.1) is 0 Å². The molecular weight excluding hydrogens is 224 g/mol. The molecule has 1 N–H and O–H groups in total. The molecular formula is C14H24N4. The molecule has 0 aliphatic heterocycles. The highest BCUT2D eigenvalue weighted by Crippen LogP contribution is 2.38. The van der Waals surface area contributed by atoms with Crippen LogP contribution in [0.25, 0.3) is 0 Å². The van der Waals surface area contributed by atoms with E-state index >= 15 is 0 Å². The predicted octanol–water partition coefficient (Wildman–Crippen LogP) is 2.30. The first-order valence-corrected chi connectivity index (χ1v) is 6.85. The van der Waals surface area contributed by atoms with E-state index in [1.807, 2.05) is 13.0 Å². The summed E-state index contributed by atoms with van der Waals surface area (Å²) < 4.78 is 0. The number of rotatable bonds is 6. The van der Waals surface area contributed by atoms with E-state index < -0.39 is 0 Å². The number of aromatic nitrogens is 2. The molecule has 1 saturated carbocycles. The largest absolute Gasteiger partial charge is 0.370 e. The van der Waals surface area contributed by atoms with Crippen molar-refractivity contribution >= 4 is 5.82 Å². The van der Waals surface area contributed by atoms with E-state index in [0.29, 0.717) is 0 Å². The first-order chi connectivity index (χ1) is 8.58. The van der Waals surface area contributed by atoms with Crippen molar-refractivity contribution in [3.8, 4) is 0 Å². The van der Waals surface area contributed by atoms with Gasteiger partial charge in [0, 0.05) is 24.8 Å². The van der Waals surface area contributed by atoms with Crippen LogP contribution in [0.4, 0.5) is 5.82 Å². The Morgan fingerprint density at radius 1 is 1.44 bits per heavy atom. The molecule has 0 bridgehead atoms. The molecule has 0 amide bonds. The van der Waals surface area contributed by atoms with E-state index in [1.54, 1.807) is 0 Å². The van der Waals surface area contributed by atoms with Crippen molar-refractivity contribution in [3.63, 3.8) is 0 Å². The molecule has 1 heterocycles. The summed E-state index contributed by atoms with van der Waals surface area (Å²) in [7, 11) is 2.16. The van der Waals surface area contributed by atoms with Gasteiger partial charge in [0.1, 0.15) is 11.6 Å². The Morgan fingerprint density at radius 3 is 2.78 bits per heavy atom. The zero-order valence-corrected chi connectivity index (χ0v) is 11.9. The molecule has 2 atom stereocenters. The highest BCUT2D eigenvalue weighted by atomic mass is 15.1. The van der Waals surface area contributed by atoms with Crippen LogP contribution in [-0.2, 0) is 6.54 Å². The van der Waals surface area contributed by atoms with Crippen LogP contribution >= 0.6 is 0 Å². The summed E-state index contributed by atoms with van der Waals surface area (Å²) in [5, 5.41) is 3.25. The molecule has 1 fully saturated rings. The van der Waals surface area contributed by atoms with Crippen LogP contribution in [0.15, 0.2) is 6.07 Å². The second-order valence-electron chi connectivity index (χ2n) is 5.51. The SMILES string of the molecule is CCNc1cc(C)nc(CN(C)CC2CC2C)n1. The minimum atomic E-state index is 0.837. The highest BCUT2D eigenvalue weighted by molar-refractivity contribution is 5.35. The summed E-state index contributed by atoms with van der Waals surface area (Å²) in [5.41, 5.74) is 1.03. The van der Waals surface area contributed by atoms with Crippen molar-refractivity contribution in [3.05, 3.63) is 17.6 Å². The Hall–Kier alpha value is -1.16. The van der Waals surface area contributed by atoms with E-state index in [9.17, 15) is 0 Å². The smallest absolute Gasteiger partial charge is 0.144 e. The first-order valence-electron chi connectivity index (χ1n) is 6.85. The van der Waals surface area contributed by atoms with Gasteiger partial charge in [-0.1, -0.05) is 6.92 Å². The quantitative estimate of drug-likeness (QED) is 0.838. The van der Waals surface area contributed by atoms with Gasteiger partial charge in [0.05, 0.1) is 6.54 Å². The van der Waals surface area contributed by atoms with Crippen molar-refractivity contribution in [1.82, 2.24) is 14.9 Å². The number of nitrogens with one attached hydrogen (secondary N) is 1. The van der Waals surface area contributed by atoms with Gasteiger partial charge in [-0.2, -0.15) is 0 Å². The zero-order valence-electron chi connectivity index (χ0n) is 11.9. The summed E-state index contributed by atoms with van der Waals surface area (Å²) in [4.78, 5) is 11.4. The lowest BCUT2D eigenvalue weighted by molar-refractivity contribution is 0.300. The minimum Gasteiger partial charge on any atom is -0.370 e. The van der Waals surface area contributed by atoms with E-state index in [1.165, 1.54) is 6.42 Å². The van der Waals surface area contributed by atoms with Gasteiger partial charge >= 0.3 is 0 Å².